The van der Waals surface area contributed by atoms with Crippen LogP contribution in [-0.2, 0) is 0 Å². The van der Waals surface area contributed by atoms with Crippen LogP contribution in [0.1, 0.15) is 26.7 Å². The molecule has 5 heteroatoms. The summed E-state index contributed by atoms with van der Waals surface area (Å²) in [4.78, 5) is 2.40. The predicted octanol–water partition coefficient (Wildman–Crippen LogP) is 2.36. The van der Waals surface area contributed by atoms with E-state index >= 15 is 0 Å². The number of hydrogen-bond acceptors (Lipinski definition) is 5. The Labute approximate surface area is 101 Å². The summed E-state index contributed by atoms with van der Waals surface area (Å²) in [5.74, 6) is 1.89. The van der Waals surface area contributed by atoms with E-state index in [4.69, 9.17) is 10.5 Å². The molecule has 1 aromatic heterocycles. The topological polar surface area (TPSA) is 51.4 Å². The summed E-state index contributed by atoms with van der Waals surface area (Å²) in [7, 11) is 1.66. The second-order valence-electron chi connectivity index (χ2n) is 4.68. The van der Waals surface area contributed by atoms with E-state index < -0.39 is 0 Å². The molecule has 1 aliphatic carbocycles. The summed E-state index contributed by atoms with van der Waals surface area (Å²) in [6.45, 7) is 5.50. The lowest BCUT2D eigenvalue weighted by Crippen LogP contribution is -2.29. The van der Waals surface area contributed by atoms with Gasteiger partial charge in [-0.2, -0.15) is 4.37 Å². The average molecular weight is 241 g/mol. The SMILES string of the molecule is COc1c(N)nsc1N(CC(C)C)C1CC1. The maximum atomic E-state index is 5.79. The van der Waals surface area contributed by atoms with Crippen molar-refractivity contribution in [2.75, 3.05) is 24.3 Å². The molecule has 0 radical (unpaired) electrons. The van der Waals surface area contributed by atoms with Crippen molar-refractivity contribution in [3.8, 4) is 5.75 Å². The van der Waals surface area contributed by atoms with Gasteiger partial charge in [0.05, 0.1) is 7.11 Å². The predicted molar refractivity (Wildman–Crippen MR) is 68.3 cm³/mol. The molecule has 16 heavy (non-hydrogen) atoms. The van der Waals surface area contributed by atoms with Gasteiger partial charge in [-0.3, -0.25) is 0 Å². The standard InChI is InChI=1S/C11H19N3OS/c1-7(2)6-14(8-4-5-8)11-9(15-3)10(12)13-16-11/h7-8H,4-6H2,1-3H3,(H2,12,13). The van der Waals surface area contributed by atoms with Crippen LogP contribution in [0.25, 0.3) is 0 Å². The molecule has 1 saturated carbocycles. The van der Waals surface area contributed by atoms with Crippen molar-refractivity contribution < 1.29 is 4.74 Å². The molecule has 4 nitrogen and oxygen atoms in total. The summed E-state index contributed by atoms with van der Waals surface area (Å²) in [5, 5.41) is 1.09. The molecule has 2 rings (SSSR count). The van der Waals surface area contributed by atoms with Gasteiger partial charge < -0.3 is 15.4 Å². The van der Waals surface area contributed by atoms with Gasteiger partial charge >= 0.3 is 0 Å². The maximum Gasteiger partial charge on any atom is 0.197 e. The number of methoxy groups -OCH3 is 1. The highest BCUT2D eigenvalue weighted by atomic mass is 32.1. The zero-order valence-corrected chi connectivity index (χ0v) is 10.9. The zero-order chi connectivity index (χ0) is 11.7. The van der Waals surface area contributed by atoms with E-state index in [0.717, 1.165) is 17.3 Å². The van der Waals surface area contributed by atoms with Gasteiger partial charge in [0.2, 0.25) is 0 Å². The van der Waals surface area contributed by atoms with Crippen molar-refractivity contribution in [3.63, 3.8) is 0 Å². The Morgan fingerprint density at radius 1 is 1.56 bits per heavy atom. The minimum Gasteiger partial charge on any atom is -0.490 e. The third-order valence-corrected chi connectivity index (χ3v) is 3.55. The average Bonchev–Trinajstić information content (AvgIpc) is 2.99. The third kappa shape index (κ3) is 2.24. The van der Waals surface area contributed by atoms with Crippen molar-refractivity contribution in [2.24, 2.45) is 5.92 Å². The van der Waals surface area contributed by atoms with Gasteiger partial charge in [0, 0.05) is 12.6 Å². The molecule has 0 aliphatic heterocycles. The van der Waals surface area contributed by atoms with Crippen molar-refractivity contribution in [3.05, 3.63) is 0 Å². The Morgan fingerprint density at radius 3 is 2.75 bits per heavy atom. The lowest BCUT2D eigenvalue weighted by Gasteiger charge is -2.25. The van der Waals surface area contributed by atoms with Crippen molar-refractivity contribution >= 4 is 22.4 Å². The zero-order valence-electron chi connectivity index (χ0n) is 10.1. The largest absolute Gasteiger partial charge is 0.490 e. The number of rotatable bonds is 5. The van der Waals surface area contributed by atoms with Crippen LogP contribution in [-0.4, -0.2) is 24.1 Å². The van der Waals surface area contributed by atoms with E-state index in [2.05, 4.69) is 23.1 Å². The maximum absolute atomic E-state index is 5.79. The monoisotopic (exact) mass is 241 g/mol. The minimum atomic E-state index is 0.511. The molecule has 0 atom stereocenters. The molecule has 1 aliphatic rings. The Morgan fingerprint density at radius 2 is 2.25 bits per heavy atom. The molecule has 0 amide bonds. The van der Waals surface area contributed by atoms with Crippen molar-refractivity contribution in [1.82, 2.24) is 4.37 Å². The second-order valence-corrected chi connectivity index (χ2v) is 5.44. The van der Waals surface area contributed by atoms with Crippen LogP contribution in [0.5, 0.6) is 5.75 Å². The molecule has 0 spiro atoms. The van der Waals surface area contributed by atoms with Gasteiger partial charge in [-0.1, -0.05) is 13.8 Å². The molecule has 0 aromatic carbocycles. The molecular weight excluding hydrogens is 222 g/mol. The van der Waals surface area contributed by atoms with Crippen LogP contribution < -0.4 is 15.4 Å². The number of nitrogens with zero attached hydrogens (tertiary/aromatic N) is 2. The lowest BCUT2D eigenvalue weighted by atomic mass is 10.2. The molecule has 0 unspecified atom stereocenters. The fraction of sp³-hybridized carbons (Fsp3) is 0.727. The summed E-state index contributed by atoms with van der Waals surface area (Å²) in [6.07, 6.45) is 2.54. The van der Waals surface area contributed by atoms with Crippen molar-refractivity contribution in [1.29, 1.82) is 0 Å². The molecule has 2 N–H and O–H groups in total. The molecule has 1 heterocycles. The molecule has 1 aromatic rings. The summed E-state index contributed by atoms with van der Waals surface area (Å²) >= 11 is 1.45. The van der Waals surface area contributed by atoms with Gasteiger partial charge in [0.25, 0.3) is 0 Å². The number of anilines is 2. The first kappa shape index (κ1) is 11.5. The highest BCUT2D eigenvalue weighted by molar-refractivity contribution is 7.11. The van der Waals surface area contributed by atoms with E-state index in [1.54, 1.807) is 7.11 Å². The number of aromatic nitrogens is 1. The molecular formula is C11H19N3OS. The fourth-order valence-electron chi connectivity index (χ4n) is 1.84. The molecule has 0 saturated heterocycles. The van der Waals surface area contributed by atoms with Crippen molar-refractivity contribution in [2.45, 2.75) is 32.7 Å². The first-order valence-corrected chi connectivity index (χ1v) is 6.46. The molecule has 90 valence electrons. The van der Waals surface area contributed by atoms with Crippen LogP contribution in [0.15, 0.2) is 0 Å². The first-order valence-electron chi connectivity index (χ1n) is 5.69. The van der Waals surface area contributed by atoms with Gasteiger partial charge in [-0.25, -0.2) is 0 Å². The minimum absolute atomic E-state index is 0.511. The highest BCUT2D eigenvalue weighted by Gasteiger charge is 2.33. The number of nitrogen functional groups attached to an aromatic ring is 1. The fourth-order valence-corrected chi connectivity index (χ4v) is 2.70. The Bertz CT molecular complexity index is 360. The lowest BCUT2D eigenvalue weighted by molar-refractivity contribution is 0.416. The Hall–Kier alpha value is -0.970. The van der Waals surface area contributed by atoms with E-state index in [1.807, 2.05) is 0 Å². The Kier molecular flexibility index (Phi) is 3.23. The summed E-state index contributed by atoms with van der Waals surface area (Å²) in [6, 6.07) is 0.663. The number of nitrogens with two attached hydrogens (primary N) is 1. The Balaban J connectivity index is 2.23. The van der Waals surface area contributed by atoms with E-state index in [0.29, 0.717) is 17.8 Å². The second kappa shape index (κ2) is 4.49. The van der Waals surface area contributed by atoms with Crippen LogP contribution >= 0.6 is 11.5 Å². The summed E-state index contributed by atoms with van der Waals surface area (Å²) in [5.41, 5.74) is 5.79. The highest BCUT2D eigenvalue weighted by Crippen LogP contribution is 2.43. The van der Waals surface area contributed by atoms with Crippen LogP contribution in [0.4, 0.5) is 10.8 Å². The quantitative estimate of drug-likeness (QED) is 0.859. The summed E-state index contributed by atoms with van der Waals surface area (Å²) < 4.78 is 9.52. The normalized spacial score (nSPS) is 15.5. The number of hydrogen-bond donors (Lipinski definition) is 1. The van der Waals surface area contributed by atoms with Crippen LogP contribution in [0.3, 0.4) is 0 Å². The van der Waals surface area contributed by atoms with Gasteiger partial charge in [0.15, 0.2) is 16.6 Å². The first-order chi connectivity index (χ1) is 7.63. The third-order valence-electron chi connectivity index (χ3n) is 2.67. The smallest absolute Gasteiger partial charge is 0.197 e. The molecule has 1 fully saturated rings. The van der Waals surface area contributed by atoms with E-state index in [1.165, 1.54) is 24.4 Å². The van der Waals surface area contributed by atoms with Gasteiger partial charge in [-0.15, -0.1) is 0 Å². The number of ether oxygens (including phenoxy) is 1. The van der Waals surface area contributed by atoms with Gasteiger partial charge in [-0.05, 0) is 30.3 Å². The molecule has 0 bridgehead atoms. The van der Waals surface area contributed by atoms with E-state index in [9.17, 15) is 0 Å². The van der Waals surface area contributed by atoms with E-state index in [-0.39, 0.29) is 0 Å². The van der Waals surface area contributed by atoms with Crippen LogP contribution in [0, 0.1) is 5.92 Å². The van der Waals surface area contributed by atoms with Gasteiger partial charge in [0.1, 0.15) is 0 Å². The van der Waals surface area contributed by atoms with Crippen LogP contribution in [0.2, 0.25) is 0 Å².